The van der Waals surface area contributed by atoms with Crippen molar-refractivity contribution >= 4 is 11.5 Å². The normalized spacial score (nSPS) is 11.2. The lowest BCUT2D eigenvalue weighted by atomic mass is 10.2. The quantitative estimate of drug-likeness (QED) is 0.693. The molecule has 110 valence electrons. The van der Waals surface area contributed by atoms with E-state index in [4.69, 9.17) is 10.5 Å². The summed E-state index contributed by atoms with van der Waals surface area (Å²) in [5.41, 5.74) is 4.10. The van der Waals surface area contributed by atoms with Gasteiger partial charge in [0.25, 0.3) is 0 Å². The first kappa shape index (κ1) is 14.6. The molecule has 0 aliphatic rings. The highest BCUT2D eigenvalue weighted by atomic mass is 19.4. The SMILES string of the molecule is Nc1ccc([N+](=O)[O-])c(Oc2ccc(C(F)(F)F)cc2)n1. The molecule has 2 rings (SSSR count). The van der Waals surface area contributed by atoms with E-state index in [-0.39, 0.29) is 17.4 Å². The third kappa shape index (κ3) is 3.38. The lowest BCUT2D eigenvalue weighted by Crippen LogP contribution is -2.04. The van der Waals surface area contributed by atoms with E-state index < -0.39 is 22.4 Å². The fraction of sp³-hybridized carbons (Fsp3) is 0.0833. The first-order valence-corrected chi connectivity index (χ1v) is 5.53. The fourth-order valence-corrected chi connectivity index (χ4v) is 1.49. The first-order chi connectivity index (χ1) is 9.77. The number of nitrogens with two attached hydrogens (primary N) is 1. The van der Waals surface area contributed by atoms with Crippen LogP contribution in [0.4, 0.5) is 24.7 Å². The molecule has 2 aromatic rings. The van der Waals surface area contributed by atoms with E-state index in [0.717, 1.165) is 30.3 Å². The van der Waals surface area contributed by atoms with Gasteiger partial charge >= 0.3 is 17.7 Å². The van der Waals surface area contributed by atoms with Crippen LogP contribution in [0.5, 0.6) is 11.6 Å². The number of halogens is 3. The Labute approximate surface area is 116 Å². The van der Waals surface area contributed by atoms with E-state index in [0.29, 0.717) is 0 Å². The number of aromatic nitrogens is 1. The topological polar surface area (TPSA) is 91.3 Å². The summed E-state index contributed by atoms with van der Waals surface area (Å²) >= 11 is 0. The van der Waals surface area contributed by atoms with Crippen molar-refractivity contribution in [3.8, 4) is 11.6 Å². The van der Waals surface area contributed by atoms with Crippen molar-refractivity contribution in [3.63, 3.8) is 0 Å². The molecule has 6 nitrogen and oxygen atoms in total. The Hall–Kier alpha value is -2.84. The monoisotopic (exact) mass is 299 g/mol. The lowest BCUT2D eigenvalue weighted by molar-refractivity contribution is -0.386. The second-order valence-electron chi connectivity index (χ2n) is 3.94. The maximum atomic E-state index is 12.4. The van der Waals surface area contributed by atoms with Gasteiger partial charge in [-0.25, -0.2) is 0 Å². The average Bonchev–Trinajstić information content (AvgIpc) is 2.38. The summed E-state index contributed by atoms with van der Waals surface area (Å²) < 4.78 is 42.4. The van der Waals surface area contributed by atoms with Crippen molar-refractivity contribution < 1.29 is 22.8 Å². The molecule has 0 unspecified atom stereocenters. The van der Waals surface area contributed by atoms with Gasteiger partial charge in [-0.3, -0.25) is 10.1 Å². The van der Waals surface area contributed by atoms with Gasteiger partial charge in [0.1, 0.15) is 11.6 Å². The molecular weight excluding hydrogens is 291 g/mol. The Morgan fingerprint density at radius 2 is 1.76 bits per heavy atom. The first-order valence-electron chi connectivity index (χ1n) is 5.53. The van der Waals surface area contributed by atoms with E-state index in [9.17, 15) is 23.3 Å². The Balaban J connectivity index is 2.30. The van der Waals surface area contributed by atoms with Crippen molar-refractivity contribution in [1.29, 1.82) is 0 Å². The second kappa shape index (κ2) is 5.27. The molecule has 0 saturated heterocycles. The molecule has 0 spiro atoms. The predicted octanol–water partition coefficient (Wildman–Crippen LogP) is 3.38. The lowest BCUT2D eigenvalue weighted by Gasteiger charge is -2.08. The number of rotatable bonds is 3. The zero-order valence-electron chi connectivity index (χ0n) is 10.3. The smallest absolute Gasteiger partial charge is 0.416 e. The van der Waals surface area contributed by atoms with Crippen LogP contribution in [0, 0.1) is 10.1 Å². The Kier molecular flexibility index (Phi) is 3.66. The molecule has 0 saturated carbocycles. The van der Waals surface area contributed by atoms with Crippen molar-refractivity contribution in [3.05, 3.63) is 52.1 Å². The summed E-state index contributed by atoms with van der Waals surface area (Å²) in [6.45, 7) is 0. The number of nitrogens with zero attached hydrogens (tertiary/aromatic N) is 2. The molecule has 21 heavy (non-hydrogen) atoms. The average molecular weight is 299 g/mol. The van der Waals surface area contributed by atoms with Crippen molar-refractivity contribution in [1.82, 2.24) is 4.98 Å². The second-order valence-corrected chi connectivity index (χ2v) is 3.94. The number of benzene rings is 1. The van der Waals surface area contributed by atoms with Gasteiger partial charge in [-0.1, -0.05) is 0 Å². The highest BCUT2D eigenvalue weighted by molar-refractivity contribution is 5.48. The van der Waals surface area contributed by atoms with Crippen LogP contribution >= 0.6 is 0 Å². The molecular formula is C12H8F3N3O3. The van der Waals surface area contributed by atoms with Gasteiger partial charge in [0.2, 0.25) is 0 Å². The zero-order valence-corrected chi connectivity index (χ0v) is 10.3. The molecule has 0 fully saturated rings. The number of hydrogen-bond donors (Lipinski definition) is 1. The molecule has 1 heterocycles. The van der Waals surface area contributed by atoms with E-state index in [1.165, 1.54) is 6.07 Å². The largest absolute Gasteiger partial charge is 0.434 e. The van der Waals surface area contributed by atoms with Crippen LogP contribution in [0.15, 0.2) is 36.4 Å². The van der Waals surface area contributed by atoms with Crippen LogP contribution in [0.2, 0.25) is 0 Å². The summed E-state index contributed by atoms with van der Waals surface area (Å²) in [7, 11) is 0. The highest BCUT2D eigenvalue weighted by Crippen LogP contribution is 2.33. The van der Waals surface area contributed by atoms with Gasteiger partial charge in [-0.2, -0.15) is 18.2 Å². The maximum Gasteiger partial charge on any atom is 0.416 e. The number of alkyl halides is 3. The number of anilines is 1. The third-order valence-corrected chi connectivity index (χ3v) is 2.45. The van der Waals surface area contributed by atoms with Crippen molar-refractivity contribution in [2.75, 3.05) is 5.73 Å². The highest BCUT2D eigenvalue weighted by Gasteiger charge is 2.30. The van der Waals surface area contributed by atoms with Crippen LogP contribution in [0.25, 0.3) is 0 Å². The van der Waals surface area contributed by atoms with Crippen molar-refractivity contribution in [2.24, 2.45) is 0 Å². The van der Waals surface area contributed by atoms with Crippen LogP contribution in [0.3, 0.4) is 0 Å². The number of ether oxygens (including phenoxy) is 1. The van der Waals surface area contributed by atoms with Crippen LogP contribution in [0.1, 0.15) is 5.56 Å². The van der Waals surface area contributed by atoms with Gasteiger partial charge in [0, 0.05) is 6.07 Å². The summed E-state index contributed by atoms with van der Waals surface area (Å²) in [5.74, 6) is -0.425. The zero-order chi connectivity index (χ0) is 15.6. The molecule has 0 atom stereocenters. The van der Waals surface area contributed by atoms with E-state index in [1.54, 1.807) is 0 Å². The fourth-order valence-electron chi connectivity index (χ4n) is 1.49. The standard InChI is InChI=1S/C12H8F3N3O3/c13-12(14,15)7-1-3-8(4-2-7)21-11-9(18(19)20)5-6-10(16)17-11/h1-6H,(H2,16,17). The van der Waals surface area contributed by atoms with Gasteiger partial charge in [-0.05, 0) is 30.3 Å². The van der Waals surface area contributed by atoms with Gasteiger partial charge in [0.15, 0.2) is 0 Å². The molecule has 2 N–H and O–H groups in total. The van der Waals surface area contributed by atoms with Crippen LogP contribution in [-0.4, -0.2) is 9.91 Å². The van der Waals surface area contributed by atoms with Crippen LogP contribution < -0.4 is 10.5 Å². The number of pyridine rings is 1. The number of nitro groups is 1. The summed E-state index contributed by atoms with van der Waals surface area (Å²) in [4.78, 5) is 13.7. The summed E-state index contributed by atoms with van der Waals surface area (Å²) in [5, 5.41) is 10.8. The molecule has 0 amide bonds. The number of nitrogen functional groups attached to an aromatic ring is 1. The third-order valence-electron chi connectivity index (χ3n) is 2.45. The van der Waals surface area contributed by atoms with Gasteiger partial charge in [-0.15, -0.1) is 0 Å². The van der Waals surface area contributed by atoms with Crippen molar-refractivity contribution in [2.45, 2.75) is 6.18 Å². The minimum absolute atomic E-state index is 0.0116. The van der Waals surface area contributed by atoms with Gasteiger partial charge in [0.05, 0.1) is 10.5 Å². The summed E-state index contributed by atoms with van der Waals surface area (Å²) in [6, 6.07) is 6.00. The molecule has 0 aliphatic carbocycles. The molecule has 0 bridgehead atoms. The van der Waals surface area contributed by atoms with E-state index in [1.807, 2.05) is 0 Å². The molecule has 1 aromatic carbocycles. The Morgan fingerprint density at radius 3 is 2.29 bits per heavy atom. The predicted molar refractivity (Wildman–Crippen MR) is 66.8 cm³/mol. The minimum Gasteiger partial charge on any atom is -0.434 e. The molecule has 0 aliphatic heterocycles. The molecule has 1 aromatic heterocycles. The van der Waals surface area contributed by atoms with E-state index in [2.05, 4.69) is 4.98 Å². The molecule has 9 heteroatoms. The summed E-state index contributed by atoms with van der Waals surface area (Å²) in [6.07, 6.45) is -4.47. The Morgan fingerprint density at radius 1 is 1.14 bits per heavy atom. The van der Waals surface area contributed by atoms with Crippen LogP contribution in [-0.2, 0) is 6.18 Å². The van der Waals surface area contributed by atoms with E-state index >= 15 is 0 Å². The van der Waals surface area contributed by atoms with Gasteiger partial charge < -0.3 is 10.5 Å². The minimum atomic E-state index is -4.47. The number of hydrogen-bond acceptors (Lipinski definition) is 5. The Bertz CT molecular complexity index is 672. The maximum absolute atomic E-state index is 12.4. The molecule has 0 radical (unpaired) electrons.